The summed E-state index contributed by atoms with van der Waals surface area (Å²) in [6.07, 6.45) is -0.147. The van der Waals surface area contributed by atoms with E-state index in [9.17, 15) is 9.59 Å². The van der Waals surface area contributed by atoms with E-state index in [0.29, 0.717) is 13.0 Å². The Morgan fingerprint density at radius 3 is 2.20 bits per heavy atom. The number of hydrogen-bond acceptors (Lipinski definition) is 8. The number of hydrogen-bond donors (Lipinski definition) is 6. The molecule has 0 aromatic rings. The van der Waals surface area contributed by atoms with Gasteiger partial charge in [0.2, 0.25) is 0 Å². The minimum atomic E-state index is -1.24. The molecule has 10 heteroatoms. The number of rotatable bonds is 13. The van der Waals surface area contributed by atoms with E-state index in [1.807, 2.05) is 0 Å². The van der Waals surface area contributed by atoms with E-state index in [1.54, 1.807) is 0 Å². The van der Waals surface area contributed by atoms with Crippen LogP contribution in [-0.2, 0) is 19.4 Å². The number of carboxylic acid groups (broad SMARTS) is 2. The molecule has 0 amide bonds. The first-order valence-electron chi connectivity index (χ1n) is 5.95. The van der Waals surface area contributed by atoms with Gasteiger partial charge in [-0.2, -0.15) is 0 Å². The van der Waals surface area contributed by atoms with Crippen LogP contribution < -0.4 is 10.6 Å². The van der Waals surface area contributed by atoms with Crippen molar-refractivity contribution in [2.24, 2.45) is 0 Å². The molecule has 10 nitrogen and oxygen atoms in total. The standard InChI is InChI=1S/C10H20N2O8/c13-9(14)5-8(10(15)16)12-3-2-11-7(6-20-18)1-4-19-17/h7-8,11-12,17-18H,1-6H2,(H,13,14)(H,15,16). The third kappa shape index (κ3) is 9.61. The molecule has 0 aliphatic heterocycles. The van der Waals surface area contributed by atoms with Crippen LogP contribution in [0.3, 0.4) is 0 Å². The van der Waals surface area contributed by atoms with E-state index in [4.69, 9.17) is 20.7 Å². The van der Waals surface area contributed by atoms with E-state index in [0.717, 1.165) is 0 Å². The van der Waals surface area contributed by atoms with Crippen LogP contribution in [0.2, 0.25) is 0 Å². The second-order valence-electron chi connectivity index (χ2n) is 4.01. The average molecular weight is 296 g/mol. The minimum Gasteiger partial charge on any atom is -0.481 e. The Hall–Kier alpha value is -1.30. The molecular formula is C10H20N2O8. The predicted molar refractivity (Wildman–Crippen MR) is 65.2 cm³/mol. The average Bonchev–Trinajstić information content (AvgIpc) is 2.38. The van der Waals surface area contributed by atoms with Crippen LogP contribution in [-0.4, -0.2) is 71.1 Å². The maximum absolute atomic E-state index is 10.8. The van der Waals surface area contributed by atoms with Gasteiger partial charge in [0.05, 0.1) is 19.6 Å². The van der Waals surface area contributed by atoms with Gasteiger partial charge in [0.25, 0.3) is 0 Å². The minimum absolute atomic E-state index is 0.0269. The summed E-state index contributed by atoms with van der Waals surface area (Å²) in [6, 6.07) is -1.46. The van der Waals surface area contributed by atoms with Crippen LogP contribution in [0.1, 0.15) is 12.8 Å². The Labute approximate surface area is 115 Å². The predicted octanol–water partition coefficient (Wildman–Crippen LogP) is -1.17. The monoisotopic (exact) mass is 296 g/mol. The van der Waals surface area contributed by atoms with E-state index in [1.165, 1.54) is 0 Å². The molecular weight excluding hydrogens is 276 g/mol. The summed E-state index contributed by atoms with van der Waals surface area (Å²) in [4.78, 5) is 29.1. The van der Waals surface area contributed by atoms with Crippen molar-refractivity contribution >= 4 is 11.9 Å². The lowest BCUT2D eigenvalue weighted by Crippen LogP contribution is -2.44. The van der Waals surface area contributed by atoms with Gasteiger partial charge in [-0.3, -0.25) is 20.1 Å². The van der Waals surface area contributed by atoms with Crippen molar-refractivity contribution < 1.29 is 40.1 Å². The van der Waals surface area contributed by atoms with Crippen LogP contribution in [0.4, 0.5) is 0 Å². The lowest BCUT2D eigenvalue weighted by atomic mass is 10.2. The van der Waals surface area contributed by atoms with Crippen molar-refractivity contribution in [1.82, 2.24) is 10.6 Å². The summed E-state index contributed by atoms with van der Waals surface area (Å²) in [5.41, 5.74) is 0. The molecule has 0 saturated heterocycles. The highest BCUT2D eigenvalue weighted by molar-refractivity contribution is 5.80. The van der Waals surface area contributed by atoms with Gasteiger partial charge in [-0.1, -0.05) is 0 Å². The van der Waals surface area contributed by atoms with Gasteiger partial charge in [0.15, 0.2) is 0 Å². The molecule has 0 aromatic carbocycles. The Morgan fingerprint density at radius 2 is 1.70 bits per heavy atom. The molecule has 6 N–H and O–H groups in total. The van der Waals surface area contributed by atoms with Crippen LogP contribution in [0.25, 0.3) is 0 Å². The first-order chi connectivity index (χ1) is 9.51. The molecule has 0 aliphatic carbocycles. The smallest absolute Gasteiger partial charge is 0.321 e. The molecule has 0 radical (unpaired) electrons. The first-order valence-corrected chi connectivity index (χ1v) is 5.95. The lowest BCUT2D eigenvalue weighted by Gasteiger charge is -2.17. The van der Waals surface area contributed by atoms with Gasteiger partial charge in [-0.05, 0) is 6.42 Å². The topological polar surface area (TPSA) is 158 Å². The highest BCUT2D eigenvalue weighted by atomic mass is 17.1. The molecule has 0 fully saturated rings. The molecule has 0 heterocycles. The maximum Gasteiger partial charge on any atom is 0.321 e. The van der Waals surface area contributed by atoms with Crippen LogP contribution >= 0.6 is 0 Å². The van der Waals surface area contributed by atoms with Crippen LogP contribution in [0, 0.1) is 0 Å². The first kappa shape index (κ1) is 18.7. The SMILES string of the molecule is O=C(O)CC(NCCNC(CCOO)COO)C(=O)O. The van der Waals surface area contributed by atoms with Crippen LogP contribution in [0.5, 0.6) is 0 Å². The Bertz CT molecular complexity index is 288. The number of nitrogens with one attached hydrogen (secondary N) is 2. The molecule has 2 atom stereocenters. The molecule has 20 heavy (non-hydrogen) atoms. The fourth-order valence-electron chi connectivity index (χ4n) is 1.47. The van der Waals surface area contributed by atoms with Gasteiger partial charge < -0.3 is 20.8 Å². The van der Waals surface area contributed by atoms with Gasteiger partial charge >= 0.3 is 11.9 Å². The zero-order valence-electron chi connectivity index (χ0n) is 10.8. The Kier molecular flexibility index (Phi) is 10.8. The molecule has 0 aromatic heterocycles. The zero-order chi connectivity index (χ0) is 15.4. The normalized spacial score (nSPS) is 13.9. The van der Waals surface area contributed by atoms with Crippen molar-refractivity contribution in [2.75, 3.05) is 26.3 Å². The fraction of sp³-hybridized carbons (Fsp3) is 0.800. The van der Waals surface area contributed by atoms with E-state index in [2.05, 4.69) is 20.4 Å². The summed E-state index contributed by atoms with van der Waals surface area (Å²) in [7, 11) is 0. The third-order valence-electron chi connectivity index (χ3n) is 2.46. The largest absolute Gasteiger partial charge is 0.481 e. The quantitative estimate of drug-likeness (QED) is 0.139. The number of carbonyl (C=O) groups is 2. The summed E-state index contributed by atoms with van der Waals surface area (Å²) < 4.78 is 0. The Morgan fingerprint density at radius 1 is 1.05 bits per heavy atom. The zero-order valence-corrected chi connectivity index (χ0v) is 10.8. The van der Waals surface area contributed by atoms with Gasteiger partial charge in [0.1, 0.15) is 6.04 Å². The second-order valence-corrected chi connectivity index (χ2v) is 4.01. The second kappa shape index (κ2) is 11.5. The van der Waals surface area contributed by atoms with Gasteiger partial charge in [-0.15, -0.1) is 0 Å². The summed E-state index contributed by atoms with van der Waals surface area (Å²) in [6.45, 7) is 0.557. The summed E-state index contributed by atoms with van der Waals surface area (Å²) in [5.74, 6) is -2.44. The number of aliphatic carboxylic acids is 2. The highest BCUT2D eigenvalue weighted by Gasteiger charge is 2.19. The highest BCUT2D eigenvalue weighted by Crippen LogP contribution is 1.94. The molecule has 0 bridgehead atoms. The van der Waals surface area contributed by atoms with Crippen molar-refractivity contribution in [3.05, 3.63) is 0 Å². The Balaban J connectivity index is 3.94. The maximum atomic E-state index is 10.8. The summed E-state index contributed by atoms with van der Waals surface area (Å²) in [5, 5.41) is 39.4. The number of carboxylic acids is 2. The van der Waals surface area contributed by atoms with E-state index >= 15 is 0 Å². The van der Waals surface area contributed by atoms with E-state index < -0.39 is 24.4 Å². The van der Waals surface area contributed by atoms with Crippen molar-refractivity contribution in [1.29, 1.82) is 0 Å². The molecule has 0 aliphatic rings. The molecule has 0 saturated carbocycles. The van der Waals surface area contributed by atoms with Crippen LogP contribution in [0.15, 0.2) is 0 Å². The molecule has 2 unspecified atom stereocenters. The summed E-state index contributed by atoms with van der Waals surface area (Å²) >= 11 is 0. The van der Waals surface area contributed by atoms with Gasteiger partial charge in [0, 0.05) is 19.1 Å². The fourth-order valence-corrected chi connectivity index (χ4v) is 1.47. The molecule has 118 valence electrons. The van der Waals surface area contributed by atoms with Crippen molar-refractivity contribution in [3.8, 4) is 0 Å². The van der Waals surface area contributed by atoms with Crippen molar-refractivity contribution in [3.63, 3.8) is 0 Å². The molecule has 0 spiro atoms. The lowest BCUT2D eigenvalue weighted by molar-refractivity contribution is -0.257. The van der Waals surface area contributed by atoms with Crippen molar-refractivity contribution in [2.45, 2.75) is 24.9 Å². The van der Waals surface area contributed by atoms with Gasteiger partial charge in [-0.25, -0.2) is 9.78 Å². The van der Waals surface area contributed by atoms with E-state index in [-0.39, 0.29) is 25.8 Å². The molecule has 0 rings (SSSR count). The third-order valence-corrected chi connectivity index (χ3v) is 2.46.